The molecular weight excluding hydrogens is 356 g/mol. The zero-order valence-electron chi connectivity index (χ0n) is 14.4. The molecule has 0 aliphatic rings. The second kappa shape index (κ2) is 8.11. The average Bonchev–Trinajstić information content (AvgIpc) is 2.61. The predicted molar refractivity (Wildman–Crippen MR) is 96.4 cm³/mol. The van der Waals surface area contributed by atoms with E-state index < -0.39 is 27.9 Å². The van der Waals surface area contributed by atoms with E-state index in [2.05, 4.69) is 5.32 Å². The maximum atomic E-state index is 12.3. The van der Waals surface area contributed by atoms with Crippen LogP contribution in [-0.2, 0) is 21.2 Å². The highest BCUT2D eigenvalue weighted by atomic mass is 32.2. The number of carbonyl (C=O) groups excluding carboxylic acids is 1. The summed E-state index contributed by atoms with van der Waals surface area (Å²) >= 11 is 0. The van der Waals surface area contributed by atoms with Gasteiger partial charge in [0.05, 0.1) is 4.90 Å². The van der Waals surface area contributed by atoms with Gasteiger partial charge in [-0.25, -0.2) is 17.5 Å². The first kappa shape index (κ1) is 19.6. The molecule has 0 heterocycles. The van der Waals surface area contributed by atoms with Crippen molar-refractivity contribution in [1.82, 2.24) is 9.62 Å². The predicted octanol–water partition coefficient (Wildman–Crippen LogP) is 1.36. The summed E-state index contributed by atoms with van der Waals surface area (Å²) < 4.78 is 25.1. The zero-order chi connectivity index (χ0) is 19.3. The summed E-state index contributed by atoms with van der Waals surface area (Å²) in [4.78, 5) is 23.8. The van der Waals surface area contributed by atoms with E-state index in [4.69, 9.17) is 0 Å². The van der Waals surface area contributed by atoms with Crippen LogP contribution in [0.15, 0.2) is 59.5 Å². The fourth-order valence-corrected chi connectivity index (χ4v) is 3.18. The molecule has 0 spiro atoms. The first-order valence-corrected chi connectivity index (χ1v) is 9.26. The normalized spacial score (nSPS) is 12.6. The SMILES string of the molecule is CN(C)S(=O)(=O)c1ccc(C(=O)N[C@@H](Cc2ccccc2)C(=O)O)cc1. The molecule has 0 fully saturated rings. The second-order valence-corrected chi connectivity index (χ2v) is 8.02. The Morgan fingerprint density at radius 1 is 1.04 bits per heavy atom. The van der Waals surface area contributed by atoms with Crippen molar-refractivity contribution >= 4 is 21.9 Å². The molecule has 0 unspecified atom stereocenters. The van der Waals surface area contributed by atoms with E-state index in [1.54, 1.807) is 24.3 Å². The number of hydrogen-bond donors (Lipinski definition) is 2. The number of sulfonamides is 1. The highest BCUT2D eigenvalue weighted by Gasteiger charge is 2.22. The van der Waals surface area contributed by atoms with Gasteiger partial charge in [-0.15, -0.1) is 0 Å². The molecule has 2 aromatic carbocycles. The molecule has 7 nitrogen and oxygen atoms in total. The fraction of sp³-hybridized carbons (Fsp3) is 0.222. The molecule has 138 valence electrons. The van der Waals surface area contributed by atoms with Crippen molar-refractivity contribution in [3.05, 3.63) is 65.7 Å². The first-order chi connectivity index (χ1) is 12.2. The zero-order valence-corrected chi connectivity index (χ0v) is 15.2. The Hall–Kier alpha value is -2.71. The Labute approximate surface area is 152 Å². The van der Waals surface area contributed by atoms with Crippen LogP contribution in [0, 0.1) is 0 Å². The number of rotatable bonds is 7. The third kappa shape index (κ3) is 4.68. The maximum Gasteiger partial charge on any atom is 0.326 e. The number of aliphatic carboxylic acids is 1. The van der Waals surface area contributed by atoms with Gasteiger partial charge in [0, 0.05) is 26.1 Å². The third-order valence-electron chi connectivity index (χ3n) is 3.78. The third-order valence-corrected chi connectivity index (χ3v) is 5.61. The van der Waals surface area contributed by atoms with E-state index in [0.29, 0.717) is 0 Å². The Balaban J connectivity index is 2.13. The largest absolute Gasteiger partial charge is 0.480 e. The molecule has 2 rings (SSSR count). The molecule has 2 aromatic rings. The number of hydrogen-bond acceptors (Lipinski definition) is 4. The molecule has 0 bridgehead atoms. The number of carbonyl (C=O) groups is 2. The molecule has 0 aliphatic carbocycles. The summed E-state index contributed by atoms with van der Waals surface area (Å²) in [6.07, 6.45) is 0.148. The molecule has 26 heavy (non-hydrogen) atoms. The fourth-order valence-electron chi connectivity index (χ4n) is 2.28. The summed E-state index contributed by atoms with van der Waals surface area (Å²) in [7, 11) is -0.762. The standard InChI is InChI=1S/C18H20N2O5S/c1-20(2)26(24,25)15-10-8-14(9-11-15)17(21)19-16(18(22)23)12-13-6-4-3-5-7-13/h3-11,16H,12H2,1-2H3,(H,19,21)(H,22,23)/t16-/m0/s1. The summed E-state index contributed by atoms with van der Waals surface area (Å²) in [5, 5.41) is 11.8. The van der Waals surface area contributed by atoms with Crippen LogP contribution in [0.5, 0.6) is 0 Å². The molecule has 0 saturated carbocycles. The number of benzene rings is 2. The molecule has 0 saturated heterocycles. The summed E-state index contributed by atoms with van der Waals surface area (Å²) in [6.45, 7) is 0. The lowest BCUT2D eigenvalue weighted by Gasteiger charge is -2.15. The summed E-state index contributed by atoms with van der Waals surface area (Å²) in [5.74, 6) is -1.73. The van der Waals surface area contributed by atoms with Gasteiger partial charge < -0.3 is 10.4 Å². The van der Waals surface area contributed by atoms with Crippen LogP contribution >= 0.6 is 0 Å². The van der Waals surface area contributed by atoms with Gasteiger partial charge in [0.1, 0.15) is 6.04 Å². The van der Waals surface area contributed by atoms with Crippen molar-refractivity contribution < 1.29 is 23.1 Å². The molecule has 2 N–H and O–H groups in total. The van der Waals surface area contributed by atoms with Gasteiger partial charge in [0.2, 0.25) is 10.0 Å². The van der Waals surface area contributed by atoms with Crippen molar-refractivity contribution in [2.45, 2.75) is 17.4 Å². The smallest absolute Gasteiger partial charge is 0.326 e. The minimum Gasteiger partial charge on any atom is -0.480 e. The van der Waals surface area contributed by atoms with Gasteiger partial charge in [-0.2, -0.15) is 0 Å². The summed E-state index contributed by atoms with van der Waals surface area (Å²) in [6, 6.07) is 13.2. The van der Waals surface area contributed by atoms with Gasteiger partial charge in [0.15, 0.2) is 0 Å². The quantitative estimate of drug-likeness (QED) is 0.759. The van der Waals surface area contributed by atoms with E-state index in [1.165, 1.54) is 38.4 Å². The van der Waals surface area contributed by atoms with Gasteiger partial charge in [0.25, 0.3) is 5.91 Å². The Bertz CT molecular complexity index is 878. The molecule has 0 aromatic heterocycles. The van der Waals surface area contributed by atoms with Gasteiger partial charge >= 0.3 is 5.97 Å². The van der Waals surface area contributed by atoms with Crippen molar-refractivity contribution in [2.24, 2.45) is 0 Å². The molecule has 8 heteroatoms. The highest BCUT2D eigenvalue weighted by Crippen LogP contribution is 2.14. The molecule has 1 atom stereocenters. The number of amides is 1. The van der Waals surface area contributed by atoms with Gasteiger partial charge in [-0.3, -0.25) is 4.79 Å². The topological polar surface area (TPSA) is 104 Å². The van der Waals surface area contributed by atoms with E-state index in [-0.39, 0.29) is 16.9 Å². The van der Waals surface area contributed by atoms with Crippen LogP contribution in [0.4, 0.5) is 0 Å². The van der Waals surface area contributed by atoms with E-state index in [1.807, 2.05) is 6.07 Å². The monoisotopic (exact) mass is 376 g/mol. The maximum absolute atomic E-state index is 12.3. The Kier molecular flexibility index (Phi) is 6.12. The molecule has 0 aliphatic heterocycles. The number of carboxylic acids is 1. The summed E-state index contributed by atoms with van der Waals surface area (Å²) in [5.41, 5.74) is 0.967. The second-order valence-electron chi connectivity index (χ2n) is 5.87. The van der Waals surface area contributed by atoms with E-state index in [0.717, 1.165) is 9.87 Å². The van der Waals surface area contributed by atoms with Crippen LogP contribution in [0.3, 0.4) is 0 Å². The van der Waals surface area contributed by atoms with Crippen molar-refractivity contribution in [3.63, 3.8) is 0 Å². The molecule has 1 amide bonds. The van der Waals surface area contributed by atoms with Crippen LogP contribution in [0.2, 0.25) is 0 Å². The lowest BCUT2D eigenvalue weighted by molar-refractivity contribution is -0.139. The van der Waals surface area contributed by atoms with Crippen molar-refractivity contribution in [3.8, 4) is 0 Å². The van der Waals surface area contributed by atoms with Crippen LogP contribution < -0.4 is 5.32 Å². The first-order valence-electron chi connectivity index (χ1n) is 7.82. The minimum atomic E-state index is -3.59. The van der Waals surface area contributed by atoms with Crippen molar-refractivity contribution in [1.29, 1.82) is 0 Å². The number of nitrogens with zero attached hydrogens (tertiary/aromatic N) is 1. The van der Waals surface area contributed by atoms with E-state index >= 15 is 0 Å². The van der Waals surface area contributed by atoms with Crippen LogP contribution in [-0.4, -0.2) is 49.8 Å². The molecule has 0 radical (unpaired) electrons. The van der Waals surface area contributed by atoms with Gasteiger partial charge in [-0.1, -0.05) is 30.3 Å². The lowest BCUT2D eigenvalue weighted by Crippen LogP contribution is -2.42. The van der Waals surface area contributed by atoms with E-state index in [9.17, 15) is 23.1 Å². The van der Waals surface area contributed by atoms with Crippen LogP contribution in [0.1, 0.15) is 15.9 Å². The number of carboxylic acid groups (broad SMARTS) is 1. The lowest BCUT2D eigenvalue weighted by atomic mass is 10.1. The van der Waals surface area contributed by atoms with Gasteiger partial charge in [-0.05, 0) is 29.8 Å². The minimum absolute atomic E-state index is 0.0538. The Morgan fingerprint density at radius 2 is 1.62 bits per heavy atom. The molecular formula is C18H20N2O5S. The van der Waals surface area contributed by atoms with Crippen LogP contribution in [0.25, 0.3) is 0 Å². The highest BCUT2D eigenvalue weighted by molar-refractivity contribution is 7.89. The Morgan fingerprint density at radius 3 is 2.12 bits per heavy atom. The number of nitrogens with one attached hydrogen (secondary N) is 1. The average molecular weight is 376 g/mol. The van der Waals surface area contributed by atoms with Crippen molar-refractivity contribution in [2.75, 3.05) is 14.1 Å².